The van der Waals surface area contributed by atoms with Crippen LogP contribution in [0.3, 0.4) is 0 Å². The van der Waals surface area contributed by atoms with Crippen LogP contribution < -0.4 is 19.7 Å². The van der Waals surface area contributed by atoms with Crippen LogP contribution in [0.4, 0.5) is 10.5 Å². The topological polar surface area (TPSA) is 67.9 Å². The molecule has 1 N–H and O–H groups in total. The summed E-state index contributed by atoms with van der Waals surface area (Å²) in [5.41, 5.74) is 1.31. The summed E-state index contributed by atoms with van der Waals surface area (Å²) in [6.07, 6.45) is 3.26. The minimum Gasteiger partial charge on any atom is -0.490 e. The number of carbonyl (C=O) groups excluding carboxylic acids is 2. The molecule has 2 aromatic carbocycles. The number of anilines is 1. The summed E-state index contributed by atoms with van der Waals surface area (Å²) in [5, 5.41) is 3.13. The highest BCUT2D eigenvalue weighted by Crippen LogP contribution is 2.35. The Hall–Kier alpha value is -2.52. The molecule has 0 radical (unpaired) electrons. The second-order valence-electron chi connectivity index (χ2n) is 5.97. The smallest absolute Gasteiger partial charge is 0.333 e. The van der Waals surface area contributed by atoms with Crippen LogP contribution in [-0.4, -0.2) is 25.2 Å². The van der Waals surface area contributed by atoms with Gasteiger partial charge in [0.15, 0.2) is 11.5 Å². The molecule has 1 aliphatic rings. The van der Waals surface area contributed by atoms with Crippen molar-refractivity contribution in [1.29, 1.82) is 0 Å². The van der Waals surface area contributed by atoms with E-state index in [9.17, 15) is 9.59 Å². The highest BCUT2D eigenvalue weighted by atomic mass is 127. The number of hydrogen-bond donors (Lipinski definition) is 1. The lowest BCUT2D eigenvalue weighted by Gasteiger charge is -2.14. The van der Waals surface area contributed by atoms with Gasteiger partial charge < -0.3 is 14.8 Å². The van der Waals surface area contributed by atoms with Crippen LogP contribution in [0.25, 0.3) is 6.08 Å². The lowest BCUT2D eigenvalue weighted by Crippen LogP contribution is -2.30. The first-order chi connectivity index (χ1) is 13.9. The fourth-order valence-electron chi connectivity index (χ4n) is 2.74. The van der Waals surface area contributed by atoms with Gasteiger partial charge in [0.05, 0.1) is 15.9 Å². The molecule has 8 heteroatoms. The largest absolute Gasteiger partial charge is 0.490 e. The molecule has 0 bridgehead atoms. The van der Waals surface area contributed by atoms with Crippen LogP contribution in [0.5, 0.6) is 11.5 Å². The molecular weight excluding hydrogens is 507 g/mol. The van der Waals surface area contributed by atoms with Crippen molar-refractivity contribution < 1.29 is 19.1 Å². The van der Waals surface area contributed by atoms with Gasteiger partial charge in [-0.25, -0.2) is 9.69 Å². The zero-order valence-corrected chi connectivity index (χ0v) is 18.5. The minimum absolute atomic E-state index is 0.169. The quantitative estimate of drug-likeness (QED) is 0.239. The summed E-state index contributed by atoms with van der Waals surface area (Å²) in [7, 11) is 0. The third-order valence-electron chi connectivity index (χ3n) is 3.95. The minimum atomic E-state index is -0.519. The van der Waals surface area contributed by atoms with E-state index in [1.807, 2.05) is 13.0 Å². The van der Waals surface area contributed by atoms with Gasteiger partial charge >= 0.3 is 6.03 Å². The van der Waals surface area contributed by atoms with Crippen molar-refractivity contribution in [1.82, 2.24) is 5.32 Å². The molecule has 0 aromatic heterocycles. The Balaban J connectivity index is 1.93. The predicted molar refractivity (Wildman–Crippen MR) is 121 cm³/mol. The molecule has 0 unspecified atom stereocenters. The average Bonchev–Trinajstić information content (AvgIpc) is 2.95. The number of benzene rings is 2. The molecule has 3 rings (SSSR count). The van der Waals surface area contributed by atoms with Crippen molar-refractivity contribution in [2.45, 2.75) is 6.92 Å². The molecule has 0 atom stereocenters. The number of urea groups is 1. The molecule has 2 aromatic rings. The maximum Gasteiger partial charge on any atom is 0.333 e. The van der Waals surface area contributed by atoms with Crippen LogP contribution in [0.2, 0.25) is 5.02 Å². The molecule has 0 spiro atoms. The summed E-state index contributed by atoms with van der Waals surface area (Å²) in [6, 6.07) is 9.57. The molecule has 0 saturated carbocycles. The Labute approximate surface area is 187 Å². The summed E-state index contributed by atoms with van der Waals surface area (Å²) in [5.74, 6) is 0.718. The summed E-state index contributed by atoms with van der Waals surface area (Å²) in [4.78, 5) is 26.2. The van der Waals surface area contributed by atoms with Crippen LogP contribution in [0.15, 0.2) is 54.8 Å². The van der Waals surface area contributed by atoms with E-state index in [2.05, 4.69) is 34.5 Å². The highest BCUT2D eigenvalue weighted by molar-refractivity contribution is 14.1. The Morgan fingerprint density at radius 3 is 2.59 bits per heavy atom. The lowest BCUT2D eigenvalue weighted by molar-refractivity contribution is -0.113. The number of nitrogens with one attached hydrogen (secondary N) is 1. The van der Waals surface area contributed by atoms with Crippen molar-refractivity contribution in [2.24, 2.45) is 0 Å². The van der Waals surface area contributed by atoms with Gasteiger partial charge in [0.25, 0.3) is 5.91 Å². The third-order valence-corrected chi connectivity index (χ3v) is 5.00. The van der Waals surface area contributed by atoms with Gasteiger partial charge in [-0.1, -0.05) is 24.3 Å². The van der Waals surface area contributed by atoms with Crippen LogP contribution in [0, 0.1) is 3.57 Å². The number of halogens is 2. The number of ether oxygens (including phenoxy) is 2. The molecule has 6 nitrogen and oxygen atoms in total. The van der Waals surface area contributed by atoms with Gasteiger partial charge in [-0.15, -0.1) is 0 Å². The van der Waals surface area contributed by atoms with Crippen molar-refractivity contribution in [2.75, 3.05) is 18.1 Å². The van der Waals surface area contributed by atoms with Gasteiger partial charge in [-0.3, -0.25) is 4.79 Å². The fourth-order valence-corrected chi connectivity index (χ4v) is 3.65. The number of nitrogens with zero attached hydrogens (tertiary/aromatic N) is 1. The molecule has 3 amide bonds. The van der Waals surface area contributed by atoms with E-state index < -0.39 is 11.9 Å². The summed E-state index contributed by atoms with van der Waals surface area (Å²) in [6.45, 7) is 6.33. The maximum atomic E-state index is 12.8. The fraction of sp³-hybridized carbons (Fsp3) is 0.143. The lowest BCUT2D eigenvalue weighted by atomic mass is 10.1. The summed E-state index contributed by atoms with van der Waals surface area (Å²) < 4.78 is 12.2. The SMILES string of the molecule is C=CCOc1c(I)cc(/C=C2/NC(=O)N(c3ccc(Cl)cc3)C2=O)cc1OCC. The molecule has 150 valence electrons. The molecule has 29 heavy (non-hydrogen) atoms. The van der Waals surface area contributed by atoms with Crippen LogP contribution >= 0.6 is 34.2 Å². The van der Waals surface area contributed by atoms with Gasteiger partial charge in [-0.2, -0.15) is 0 Å². The molecular formula is C21H18ClIN2O4. The zero-order valence-electron chi connectivity index (χ0n) is 15.6. The van der Waals surface area contributed by atoms with E-state index >= 15 is 0 Å². The normalized spacial score (nSPS) is 14.9. The summed E-state index contributed by atoms with van der Waals surface area (Å²) >= 11 is 8.02. The molecule has 1 aliphatic heterocycles. The third kappa shape index (κ3) is 4.73. The Morgan fingerprint density at radius 1 is 1.21 bits per heavy atom. The molecule has 1 saturated heterocycles. The van der Waals surface area contributed by atoms with E-state index in [0.29, 0.717) is 41.0 Å². The maximum absolute atomic E-state index is 12.8. The average molecular weight is 525 g/mol. The van der Waals surface area contributed by atoms with E-state index in [-0.39, 0.29) is 5.70 Å². The first-order valence-electron chi connectivity index (χ1n) is 8.77. The second kappa shape index (κ2) is 9.32. The first kappa shape index (κ1) is 21.2. The van der Waals surface area contributed by atoms with E-state index in [4.69, 9.17) is 21.1 Å². The second-order valence-corrected chi connectivity index (χ2v) is 7.57. The predicted octanol–water partition coefficient (Wildman–Crippen LogP) is 5.01. The van der Waals surface area contributed by atoms with Crippen molar-refractivity contribution in [3.63, 3.8) is 0 Å². The molecule has 1 heterocycles. The van der Waals surface area contributed by atoms with Gasteiger partial charge in [0, 0.05) is 5.02 Å². The van der Waals surface area contributed by atoms with Crippen LogP contribution in [-0.2, 0) is 4.79 Å². The van der Waals surface area contributed by atoms with Gasteiger partial charge in [0.1, 0.15) is 12.3 Å². The van der Waals surface area contributed by atoms with Crippen molar-refractivity contribution >= 4 is 57.9 Å². The van der Waals surface area contributed by atoms with Crippen molar-refractivity contribution in [3.05, 3.63) is 68.9 Å². The van der Waals surface area contributed by atoms with E-state index in [1.165, 1.54) is 0 Å². The number of hydrogen-bond acceptors (Lipinski definition) is 4. The van der Waals surface area contributed by atoms with Crippen LogP contribution in [0.1, 0.15) is 12.5 Å². The standard InChI is InChI=1S/C21H18ClIN2O4/c1-3-9-29-19-16(23)10-13(12-18(19)28-4-2)11-17-20(26)25(21(27)24-17)15-7-5-14(22)6-8-15/h3,5-8,10-12H,1,4,9H2,2H3,(H,24,27)/b17-11+. The number of carbonyl (C=O) groups is 2. The van der Waals surface area contributed by atoms with E-state index in [0.717, 1.165) is 8.47 Å². The Bertz CT molecular complexity index is 989. The molecule has 0 aliphatic carbocycles. The highest BCUT2D eigenvalue weighted by Gasteiger charge is 2.34. The zero-order chi connectivity index (χ0) is 21.0. The number of amides is 3. The molecule has 1 fully saturated rings. The first-order valence-corrected chi connectivity index (χ1v) is 10.2. The van der Waals surface area contributed by atoms with Gasteiger partial charge in [0.2, 0.25) is 0 Å². The van der Waals surface area contributed by atoms with Crippen molar-refractivity contribution in [3.8, 4) is 11.5 Å². The Kier molecular flexibility index (Phi) is 6.81. The van der Waals surface area contributed by atoms with Gasteiger partial charge in [-0.05, 0) is 77.6 Å². The van der Waals surface area contributed by atoms with E-state index in [1.54, 1.807) is 42.5 Å². The monoisotopic (exact) mass is 524 g/mol. The number of imide groups is 1. The Morgan fingerprint density at radius 2 is 1.93 bits per heavy atom. The number of rotatable bonds is 7.